The zero-order valence-electron chi connectivity index (χ0n) is 14.4. The first kappa shape index (κ1) is 16.8. The molecule has 1 atom stereocenters. The lowest BCUT2D eigenvalue weighted by Crippen LogP contribution is -2.17. The van der Waals surface area contributed by atoms with Gasteiger partial charge in [-0.1, -0.05) is 24.3 Å². The summed E-state index contributed by atoms with van der Waals surface area (Å²) in [6, 6.07) is 20.2. The Hall–Kier alpha value is -3.67. The molecular formula is C21H17N3O3. The maximum absolute atomic E-state index is 10.8. The Bertz CT molecular complexity index is 977. The number of allylic oxidation sites excluding steroid dienone is 1. The summed E-state index contributed by atoms with van der Waals surface area (Å²) in [6.45, 7) is 0. The number of benzene rings is 2. The lowest BCUT2D eigenvalue weighted by Gasteiger charge is -2.21. The lowest BCUT2D eigenvalue weighted by atomic mass is 10.1. The number of furan rings is 1. The van der Waals surface area contributed by atoms with Crippen molar-refractivity contribution in [2.45, 2.75) is 12.5 Å². The van der Waals surface area contributed by atoms with Crippen molar-refractivity contribution in [3.8, 4) is 0 Å². The van der Waals surface area contributed by atoms with Crippen LogP contribution in [-0.4, -0.2) is 10.6 Å². The summed E-state index contributed by atoms with van der Waals surface area (Å²) in [6.07, 6.45) is 6.24. The van der Waals surface area contributed by atoms with Crippen LogP contribution in [-0.2, 0) is 0 Å². The van der Waals surface area contributed by atoms with Gasteiger partial charge in [-0.25, -0.2) is 0 Å². The fraction of sp³-hybridized carbons (Fsp3) is 0.0952. The number of hydrogen-bond acceptors (Lipinski definition) is 5. The Morgan fingerprint density at radius 2 is 1.81 bits per heavy atom. The van der Waals surface area contributed by atoms with E-state index >= 15 is 0 Å². The van der Waals surface area contributed by atoms with Crippen LogP contribution in [0.15, 0.2) is 88.6 Å². The molecule has 0 saturated heterocycles. The number of para-hydroxylation sites is 1. The van der Waals surface area contributed by atoms with Gasteiger partial charge in [0.25, 0.3) is 5.69 Å². The van der Waals surface area contributed by atoms with Crippen LogP contribution >= 0.6 is 0 Å². The average molecular weight is 359 g/mol. The summed E-state index contributed by atoms with van der Waals surface area (Å²) in [5, 5.41) is 17.5. The predicted octanol–water partition coefficient (Wildman–Crippen LogP) is 5.21. The van der Waals surface area contributed by atoms with E-state index in [0.717, 1.165) is 22.7 Å². The van der Waals surface area contributed by atoms with Crippen molar-refractivity contribution in [3.05, 3.63) is 101 Å². The maximum atomic E-state index is 10.8. The van der Waals surface area contributed by atoms with Crippen molar-refractivity contribution >= 4 is 23.2 Å². The standard InChI is InChI=1S/C21H17N3O3/c25-24(26)19-12-9-16(10-13-19)8-11-17-15-20(21-7-4-14-27-21)23(22-17)18-5-2-1-3-6-18/h1-14,20H,15H2/b11-8-/t20-/m0/s1. The molecule has 2 heterocycles. The quantitative estimate of drug-likeness (QED) is 0.463. The summed E-state index contributed by atoms with van der Waals surface area (Å²) in [5.74, 6) is 0.862. The molecule has 134 valence electrons. The normalized spacial score (nSPS) is 16.7. The molecule has 4 rings (SSSR count). The predicted molar refractivity (Wildman–Crippen MR) is 105 cm³/mol. The second-order valence-corrected chi connectivity index (χ2v) is 6.19. The smallest absolute Gasteiger partial charge is 0.269 e. The van der Waals surface area contributed by atoms with E-state index in [0.29, 0.717) is 6.42 Å². The van der Waals surface area contributed by atoms with Gasteiger partial charge in [0.1, 0.15) is 11.8 Å². The highest BCUT2D eigenvalue weighted by Gasteiger charge is 2.30. The topological polar surface area (TPSA) is 71.9 Å². The van der Waals surface area contributed by atoms with Gasteiger partial charge in [0.15, 0.2) is 0 Å². The van der Waals surface area contributed by atoms with Crippen LogP contribution in [0.4, 0.5) is 11.4 Å². The van der Waals surface area contributed by atoms with Gasteiger partial charge in [0, 0.05) is 18.6 Å². The van der Waals surface area contributed by atoms with Gasteiger partial charge in [-0.2, -0.15) is 5.10 Å². The lowest BCUT2D eigenvalue weighted by molar-refractivity contribution is -0.384. The number of nitro groups is 1. The van der Waals surface area contributed by atoms with Gasteiger partial charge in [-0.15, -0.1) is 0 Å². The zero-order chi connectivity index (χ0) is 18.6. The van der Waals surface area contributed by atoms with Crippen LogP contribution in [0.1, 0.15) is 23.8 Å². The number of rotatable bonds is 5. The Morgan fingerprint density at radius 3 is 2.48 bits per heavy atom. The van der Waals surface area contributed by atoms with Gasteiger partial charge < -0.3 is 4.42 Å². The fourth-order valence-electron chi connectivity index (χ4n) is 3.05. The van der Waals surface area contributed by atoms with E-state index in [1.807, 2.05) is 59.6 Å². The Morgan fingerprint density at radius 1 is 1.04 bits per heavy atom. The third-order valence-corrected chi connectivity index (χ3v) is 4.40. The third kappa shape index (κ3) is 3.64. The van der Waals surface area contributed by atoms with Crippen LogP contribution in [0.3, 0.4) is 0 Å². The Balaban J connectivity index is 1.58. The van der Waals surface area contributed by atoms with Crippen LogP contribution in [0.25, 0.3) is 6.08 Å². The van der Waals surface area contributed by atoms with E-state index in [2.05, 4.69) is 0 Å². The maximum Gasteiger partial charge on any atom is 0.269 e. The molecule has 6 heteroatoms. The van der Waals surface area contributed by atoms with Crippen molar-refractivity contribution in [2.24, 2.45) is 5.10 Å². The molecule has 0 saturated carbocycles. The molecule has 1 aromatic heterocycles. The molecule has 0 aliphatic carbocycles. The average Bonchev–Trinajstić information content (AvgIpc) is 3.37. The van der Waals surface area contributed by atoms with Crippen LogP contribution in [0.5, 0.6) is 0 Å². The number of nitro benzene ring substituents is 1. The molecule has 6 nitrogen and oxygen atoms in total. The van der Waals surface area contributed by atoms with Crippen LogP contribution in [0, 0.1) is 10.1 Å². The SMILES string of the molecule is O=[N+]([O-])c1ccc(/C=C\C2=NN(c3ccccc3)[C@H](c3ccco3)C2)cc1. The molecule has 3 aromatic rings. The van der Waals surface area contributed by atoms with Crippen LogP contribution in [0.2, 0.25) is 0 Å². The monoisotopic (exact) mass is 359 g/mol. The van der Waals surface area contributed by atoms with E-state index in [9.17, 15) is 10.1 Å². The highest BCUT2D eigenvalue weighted by Crippen LogP contribution is 2.35. The van der Waals surface area contributed by atoms with E-state index in [1.54, 1.807) is 18.4 Å². The third-order valence-electron chi connectivity index (χ3n) is 4.40. The number of non-ortho nitro benzene ring substituents is 1. The molecule has 2 aromatic carbocycles. The summed E-state index contributed by atoms with van der Waals surface area (Å²) in [4.78, 5) is 10.4. The van der Waals surface area contributed by atoms with Crippen molar-refractivity contribution in [2.75, 3.05) is 5.01 Å². The van der Waals surface area contributed by atoms with Crippen molar-refractivity contribution in [1.29, 1.82) is 0 Å². The molecule has 0 unspecified atom stereocenters. The summed E-state index contributed by atoms with van der Waals surface area (Å²) in [5.41, 5.74) is 2.88. The van der Waals surface area contributed by atoms with E-state index < -0.39 is 4.92 Å². The first-order valence-corrected chi connectivity index (χ1v) is 8.58. The Labute approximate surface area is 156 Å². The number of hydrazone groups is 1. The van der Waals surface area contributed by atoms with Gasteiger partial charge >= 0.3 is 0 Å². The van der Waals surface area contributed by atoms with Gasteiger partial charge in [0.2, 0.25) is 0 Å². The van der Waals surface area contributed by atoms with Gasteiger partial charge in [0.05, 0.1) is 22.6 Å². The van der Waals surface area contributed by atoms with E-state index in [4.69, 9.17) is 9.52 Å². The minimum absolute atomic E-state index is 0.00101. The summed E-state index contributed by atoms with van der Waals surface area (Å²) >= 11 is 0. The molecule has 0 spiro atoms. The second-order valence-electron chi connectivity index (χ2n) is 6.19. The van der Waals surface area contributed by atoms with Gasteiger partial charge in [-0.05, 0) is 48.0 Å². The summed E-state index contributed by atoms with van der Waals surface area (Å²) in [7, 11) is 0. The largest absolute Gasteiger partial charge is 0.467 e. The second kappa shape index (κ2) is 7.29. The van der Waals surface area contributed by atoms with Crippen molar-refractivity contribution in [1.82, 2.24) is 0 Å². The molecule has 1 aliphatic rings. The minimum Gasteiger partial charge on any atom is -0.467 e. The number of nitrogens with zero attached hydrogens (tertiary/aromatic N) is 3. The number of anilines is 1. The first-order chi connectivity index (χ1) is 13.2. The van der Waals surface area contributed by atoms with E-state index in [-0.39, 0.29) is 11.7 Å². The highest BCUT2D eigenvalue weighted by atomic mass is 16.6. The Kier molecular flexibility index (Phi) is 4.53. The van der Waals surface area contributed by atoms with Gasteiger partial charge in [-0.3, -0.25) is 15.1 Å². The van der Waals surface area contributed by atoms with Crippen molar-refractivity contribution in [3.63, 3.8) is 0 Å². The molecule has 0 N–H and O–H groups in total. The molecule has 0 radical (unpaired) electrons. The van der Waals surface area contributed by atoms with Crippen LogP contribution < -0.4 is 5.01 Å². The van der Waals surface area contributed by atoms with Crippen molar-refractivity contribution < 1.29 is 9.34 Å². The molecule has 0 bridgehead atoms. The summed E-state index contributed by atoms with van der Waals surface area (Å²) < 4.78 is 5.61. The highest BCUT2D eigenvalue weighted by molar-refractivity contribution is 6.01. The molecular weight excluding hydrogens is 342 g/mol. The minimum atomic E-state index is -0.403. The number of hydrogen-bond donors (Lipinski definition) is 0. The molecule has 0 amide bonds. The van der Waals surface area contributed by atoms with E-state index in [1.165, 1.54) is 12.1 Å². The molecule has 1 aliphatic heterocycles. The molecule has 27 heavy (non-hydrogen) atoms. The fourth-order valence-corrected chi connectivity index (χ4v) is 3.05. The molecule has 0 fully saturated rings. The zero-order valence-corrected chi connectivity index (χ0v) is 14.4. The first-order valence-electron chi connectivity index (χ1n) is 8.58.